The van der Waals surface area contributed by atoms with Crippen LogP contribution in [0.25, 0.3) is 0 Å². The van der Waals surface area contributed by atoms with E-state index in [1.54, 1.807) is 7.11 Å². The predicted molar refractivity (Wildman–Crippen MR) is 125 cm³/mol. The van der Waals surface area contributed by atoms with Crippen LogP contribution in [-0.2, 0) is 6.54 Å². The zero-order valence-corrected chi connectivity index (χ0v) is 18.7. The van der Waals surface area contributed by atoms with Gasteiger partial charge in [0, 0.05) is 38.8 Å². The molecule has 2 aliphatic rings. The minimum atomic E-state index is -0.0661. The third-order valence-corrected chi connectivity index (χ3v) is 6.49. The van der Waals surface area contributed by atoms with Gasteiger partial charge in [-0.15, -0.1) is 0 Å². The Kier molecular flexibility index (Phi) is 7.25. The Morgan fingerprint density at radius 1 is 1.06 bits per heavy atom. The molecule has 0 bridgehead atoms. The lowest BCUT2D eigenvalue weighted by atomic mass is 10.0. The number of amides is 2. The molecule has 0 saturated carbocycles. The van der Waals surface area contributed by atoms with Crippen molar-refractivity contribution in [3.05, 3.63) is 59.7 Å². The molecule has 2 aromatic rings. The number of carbonyl (C=O) groups excluding carboxylic acids is 1. The Bertz CT molecular complexity index is 957. The Hall–Kier alpha value is -3.08. The lowest BCUT2D eigenvalue weighted by Crippen LogP contribution is -2.54. The summed E-state index contributed by atoms with van der Waals surface area (Å²) in [4.78, 5) is 19.6. The molecule has 2 fully saturated rings. The summed E-state index contributed by atoms with van der Waals surface area (Å²) in [5, 5.41) is 12.1. The molecule has 32 heavy (non-hydrogen) atoms. The molecular formula is C25H31N5O2. The maximum absolute atomic E-state index is 12.7. The second kappa shape index (κ2) is 10.5. The molecule has 2 aromatic carbocycles. The highest BCUT2D eigenvalue weighted by atomic mass is 16.5. The van der Waals surface area contributed by atoms with Gasteiger partial charge in [0.15, 0.2) is 0 Å². The average molecular weight is 434 g/mol. The Morgan fingerprint density at radius 3 is 2.53 bits per heavy atom. The van der Waals surface area contributed by atoms with Gasteiger partial charge in [0.1, 0.15) is 5.75 Å². The molecule has 0 aromatic heterocycles. The van der Waals surface area contributed by atoms with Crippen LogP contribution < -0.4 is 10.1 Å². The van der Waals surface area contributed by atoms with Crippen molar-refractivity contribution >= 4 is 11.7 Å². The number of hydrogen-bond acceptors (Lipinski definition) is 5. The molecule has 2 aliphatic heterocycles. The number of piperazine rings is 1. The van der Waals surface area contributed by atoms with Crippen molar-refractivity contribution in [2.24, 2.45) is 0 Å². The number of urea groups is 1. The number of nitrogens with one attached hydrogen (secondary N) is 1. The molecule has 0 radical (unpaired) electrons. The maximum Gasteiger partial charge on any atom is 0.322 e. The number of nitrogens with zero attached hydrogens (tertiary/aromatic N) is 4. The van der Waals surface area contributed by atoms with Crippen molar-refractivity contribution < 1.29 is 9.53 Å². The van der Waals surface area contributed by atoms with E-state index < -0.39 is 0 Å². The zero-order chi connectivity index (χ0) is 22.3. The molecule has 1 N–H and O–H groups in total. The predicted octanol–water partition coefficient (Wildman–Crippen LogP) is 3.38. The normalized spacial score (nSPS) is 18.2. The van der Waals surface area contributed by atoms with Gasteiger partial charge in [0.2, 0.25) is 0 Å². The number of anilines is 1. The second-order valence-corrected chi connectivity index (χ2v) is 8.47. The third-order valence-electron chi connectivity index (χ3n) is 6.49. The lowest BCUT2D eigenvalue weighted by molar-refractivity contribution is 0.0690. The van der Waals surface area contributed by atoms with Gasteiger partial charge in [-0.05, 0) is 55.8 Å². The fourth-order valence-electron chi connectivity index (χ4n) is 4.67. The molecule has 0 atom stereocenters. The van der Waals surface area contributed by atoms with Gasteiger partial charge in [-0.25, -0.2) is 4.79 Å². The number of carbonyl (C=O) groups is 1. The number of piperidine rings is 1. The highest BCUT2D eigenvalue weighted by Crippen LogP contribution is 2.24. The van der Waals surface area contributed by atoms with E-state index >= 15 is 0 Å². The summed E-state index contributed by atoms with van der Waals surface area (Å²) >= 11 is 0. The summed E-state index contributed by atoms with van der Waals surface area (Å²) in [7, 11) is 1.61. The summed E-state index contributed by atoms with van der Waals surface area (Å²) in [6.45, 7) is 6.33. The van der Waals surface area contributed by atoms with Crippen molar-refractivity contribution in [2.45, 2.75) is 25.4 Å². The van der Waals surface area contributed by atoms with Crippen LogP contribution >= 0.6 is 0 Å². The summed E-state index contributed by atoms with van der Waals surface area (Å²) in [5.74, 6) is 0.672. The number of para-hydroxylation sites is 2. The molecule has 2 saturated heterocycles. The van der Waals surface area contributed by atoms with Crippen molar-refractivity contribution in [2.75, 3.05) is 51.7 Å². The molecule has 0 aliphatic carbocycles. The molecule has 4 rings (SSSR count). The molecule has 2 heterocycles. The van der Waals surface area contributed by atoms with E-state index in [9.17, 15) is 4.79 Å². The number of rotatable bonds is 5. The second-order valence-electron chi connectivity index (χ2n) is 8.47. The van der Waals surface area contributed by atoms with Crippen molar-refractivity contribution in [1.82, 2.24) is 14.7 Å². The Labute approximate surface area is 190 Å². The highest BCUT2D eigenvalue weighted by Gasteiger charge is 2.29. The number of nitriles is 1. The van der Waals surface area contributed by atoms with Crippen molar-refractivity contribution in [3.63, 3.8) is 0 Å². The number of hydrogen-bond donors (Lipinski definition) is 1. The number of ether oxygens (including phenoxy) is 1. The number of methoxy groups -OCH3 is 1. The minimum absolute atomic E-state index is 0.0661. The fourth-order valence-corrected chi connectivity index (χ4v) is 4.67. The smallest absolute Gasteiger partial charge is 0.322 e. The maximum atomic E-state index is 12.7. The number of likely N-dealkylation sites (tertiary alicyclic amines) is 1. The fraction of sp³-hybridized carbons (Fsp3) is 0.440. The summed E-state index contributed by atoms with van der Waals surface area (Å²) in [6.07, 6.45) is 2.29. The summed E-state index contributed by atoms with van der Waals surface area (Å²) < 4.78 is 5.33. The van der Waals surface area contributed by atoms with Crippen LogP contribution in [0.3, 0.4) is 0 Å². The SMILES string of the molecule is COc1ccccc1NC(=O)N1CCN(C2CCN(Cc3cccc(C#N)c3)CC2)CC1. The standard InChI is InChI=1S/C25H31N5O2/c1-32-24-8-3-2-7-23(24)27-25(31)30-15-13-29(14-16-30)22-9-11-28(12-10-22)19-21-6-4-5-20(17-21)18-26/h2-8,17,22H,9-16,19H2,1H3,(H,27,31). The molecule has 168 valence electrons. The van der Waals surface area contributed by atoms with Gasteiger partial charge in [-0.1, -0.05) is 24.3 Å². The first-order valence-electron chi connectivity index (χ1n) is 11.3. The monoisotopic (exact) mass is 433 g/mol. The van der Waals surface area contributed by atoms with Crippen LogP contribution in [0.2, 0.25) is 0 Å². The largest absolute Gasteiger partial charge is 0.495 e. The van der Waals surface area contributed by atoms with E-state index in [0.717, 1.165) is 64.2 Å². The van der Waals surface area contributed by atoms with Gasteiger partial charge >= 0.3 is 6.03 Å². The Balaban J connectivity index is 1.22. The van der Waals surface area contributed by atoms with Crippen molar-refractivity contribution in [1.29, 1.82) is 5.26 Å². The van der Waals surface area contributed by atoms with Crippen LogP contribution in [0.1, 0.15) is 24.0 Å². The first kappa shape index (κ1) is 22.1. The van der Waals surface area contributed by atoms with E-state index in [-0.39, 0.29) is 6.03 Å². The summed E-state index contributed by atoms with van der Waals surface area (Å²) in [6, 6.07) is 18.1. The van der Waals surface area contributed by atoms with Crippen LogP contribution in [0.15, 0.2) is 48.5 Å². The van der Waals surface area contributed by atoms with Crippen LogP contribution in [0.5, 0.6) is 5.75 Å². The molecular weight excluding hydrogens is 402 g/mol. The third kappa shape index (κ3) is 5.39. The van der Waals surface area contributed by atoms with Gasteiger partial charge in [-0.3, -0.25) is 9.80 Å². The molecule has 2 amide bonds. The van der Waals surface area contributed by atoms with Gasteiger partial charge in [0.25, 0.3) is 0 Å². The highest BCUT2D eigenvalue weighted by molar-refractivity contribution is 5.91. The van der Waals surface area contributed by atoms with Crippen LogP contribution in [-0.4, -0.2) is 73.2 Å². The van der Waals surface area contributed by atoms with Gasteiger partial charge in [0.05, 0.1) is 24.4 Å². The van der Waals surface area contributed by atoms with E-state index in [2.05, 4.69) is 27.3 Å². The van der Waals surface area contributed by atoms with E-state index in [0.29, 0.717) is 17.5 Å². The molecule has 7 heteroatoms. The topological polar surface area (TPSA) is 71.8 Å². The first-order valence-corrected chi connectivity index (χ1v) is 11.3. The van der Waals surface area contributed by atoms with Crippen LogP contribution in [0, 0.1) is 11.3 Å². The van der Waals surface area contributed by atoms with E-state index in [1.165, 1.54) is 5.56 Å². The van der Waals surface area contributed by atoms with Gasteiger partial charge in [-0.2, -0.15) is 5.26 Å². The Morgan fingerprint density at radius 2 is 1.81 bits per heavy atom. The average Bonchev–Trinajstić information content (AvgIpc) is 2.85. The van der Waals surface area contributed by atoms with E-state index in [4.69, 9.17) is 10.00 Å². The number of benzene rings is 2. The molecule has 7 nitrogen and oxygen atoms in total. The van der Waals surface area contributed by atoms with E-state index in [1.807, 2.05) is 47.4 Å². The molecule has 0 spiro atoms. The zero-order valence-electron chi connectivity index (χ0n) is 18.7. The molecule has 0 unspecified atom stereocenters. The van der Waals surface area contributed by atoms with Crippen LogP contribution in [0.4, 0.5) is 10.5 Å². The van der Waals surface area contributed by atoms with Crippen molar-refractivity contribution in [3.8, 4) is 11.8 Å². The summed E-state index contributed by atoms with van der Waals surface area (Å²) in [5.41, 5.74) is 2.64. The van der Waals surface area contributed by atoms with Gasteiger partial charge < -0.3 is 15.0 Å². The first-order chi connectivity index (χ1) is 15.7. The minimum Gasteiger partial charge on any atom is -0.495 e. The lowest BCUT2D eigenvalue weighted by Gasteiger charge is -2.42. The quantitative estimate of drug-likeness (QED) is 0.783.